The molecular weight excluding hydrogens is 212 g/mol. The molecule has 0 saturated carbocycles. The Morgan fingerprint density at radius 2 is 1.87 bits per heavy atom. The van der Waals surface area contributed by atoms with E-state index in [-0.39, 0.29) is 12.2 Å². The lowest BCUT2D eigenvalue weighted by Gasteiger charge is -2.21. The molecule has 0 aromatic heterocycles. The van der Waals surface area contributed by atoms with Gasteiger partial charge in [0.25, 0.3) is 0 Å². The van der Waals surface area contributed by atoms with Gasteiger partial charge in [0.05, 0.1) is 6.42 Å². The lowest BCUT2D eigenvalue weighted by molar-refractivity contribution is 0.160. The number of rotatable bonds is 1. The van der Waals surface area contributed by atoms with Crippen molar-refractivity contribution in [1.82, 2.24) is 0 Å². The van der Waals surface area contributed by atoms with E-state index in [4.69, 9.17) is 11.6 Å². The summed E-state index contributed by atoms with van der Waals surface area (Å²) in [4.78, 5) is 0. The van der Waals surface area contributed by atoms with Crippen LogP contribution in [0.15, 0.2) is 48.2 Å². The number of hydrogen-bond donors (Lipinski definition) is 2. The van der Waals surface area contributed by atoms with E-state index in [9.17, 15) is 10.2 Å². The topological polar surface area (TPSA) is 40.5 Å². The molecule has 0 spiro atoms. The summed E-state index contributed by atoms with van der Waals surface area (Å²) in [5, 5.41) is 17.8. The quantitative estimate of drug-likeness (QED) is 0.718. The van der Waals surface area contributed by atoms with Gasteiger partial charge in [-0.2, -0.15) is 0 Å². The van der Waals surface area contributed by atoms with Crippen molar-refractivity contribution in [3.8, 4) is 0 Å². The van der Waals surface area contributed by atoms with Crippen molar-refractivity contribution in [2.75, 3.05) is 0 Å². The summed E-state index contributed by atoms with van der Waals surface area (Å²) in [7, 11) is 0. The molecule has 0 saturated heterocycles. The lowest BCUT2D eigenvalue weighted by atomic mass is 9.96. The molecule has 1 unspecified atom stereocenters. The Morgan fingerprint density at radius 3 is 2.47 bits per heavy atom. The SMILES string of the molecule is OC1=C(c2ccccc2)C=CC(O)(Cl)C1. The van der Waals surface area contributed by atoms with E-state index in [0.717, 1.165) is 5.56 Å². The standard InChI is InChI=1S/C12H11ClO2/c13-12(15)7-6-10(11(14)8-12)9-4-2-1-3-5-9/h1-7,14-15H,8H2. The molecule has 15 heavy (non-hydrogen) atoms. The van der Waals surface area contributed by atoms with Gasteiger partial charge in [0.15, 0.2) is 5.06 Å². The van der Waals surface area contributed by atoms with Gasteiger partial charge >= 0.3 is 0 Å². The van der Waals surface area contributed by atoms with E-state index in [1.165, 1.54) is 6.08 Å². The molecule has 78 valence electrons. The van der Waals surface area contributed by atoms with E-state index in [1.54, 1.807) is 6.08 Å². The van der Waals surface area contributed by atoms with Gasteiger partial charge in [-0.25, -0.2) is 0 Å². The van der Waals surface area contributed by atoms with Gasteiger partial charge in [0.1, 0.15) is 5.76 Å². The number of allylic oxidation sites excluding steroid dienone is 2. The van der Waals surface area contributed by atoms with Crippen LogP contribution in [0.1, 0.15) is 12.0 Å². The van der Waals surface area contributed by atoms with Crippen molar-refractivity contribution in [1.29, 1.82) is 0 Å². The molecule has 0 fully saturated rings. The molecule has 0 bridgehead atoms. The van der Waals surface area contributed by atoms with Crippen molar-refractivity contribution < 1.29 is 10.2 Å². The van der Waals surface area contributed by atoms with Crippen LogP contribution >= 0.6 is 11.6 Å². The van der Waals surface area contributed by atoms with Crippen LogP contribution in [0.5, 0.6) is 0 Å². The predicted molar refractivity (Wildman–Crippen MR) is 60.6 cm³/mol. The zero-order valence-corrected chi connectivity index (χ0v) is 8.78. The summed E-state index contributed by atoms with van der Waals surface area (Å²) >= 11 is 5.69. The van der Waals surface area contributed by atoms with Gasteiger partial charge in [0.2, 0.25) is 0 Å². The lowest BCUT2D eigenvalue weighted by Crippen LogP contribution is -2.21. The Hall–Kier alpha value is -1.25. The van der Waals surface area contributed by atoms with E-state index < -0.39 is 5.06 Å². The number of halogens is 1. The third kappa shape index (κ3) is 2.22. The van der Waals surface area contributed by atoms with Crippen LogP contribution in [0.2, 0.25) is 0 Å². The molecule has 1 aromatic rings. The molecule has 2 N–H and O–H groups in total. The molecule has 2 rings (SSSR count). The van der Waals surface area contributed by atoms with Crippen LogP contribution in [0.3, 0.4) is 0 Å². The van der Waals surface area contributed by atoms with Crippen LogP contribution < -0.4 is 0 Å². The molecule has 3 heteroatoms. The summed E-state index contributed by atoms with van der Waals surface area (Å²) in [5.41, 5.74) is 1.62. The maximum atomic E-state index is 9.74. The fourth-order valence-electron chi connectivity index (χ4n) is 1.58. The largest absolute Gasteiger partial charge is 0.511 e. The Balaban J connectivity index is 2.37. The van der Waals surface area contributed by atoms with Crippen molar-refractivity contribution in [2.24, 2.45) is 0 Å². The van der Waals surface area contributed by atoms with Gasteiger partial charge in [-0.15, -0.1) is 0 Å². The second kappa shape index (κ2) is 3.72. The first-order chi connectivity index (χ1) is 7.08. The van der Waals surface area contributed by atoms with E-state index in [1.807, 2.05) is 30.3 Å². The Kier molecular flexibility index (Phi) is 2.55. The van der Waals surface area contributed by atoms with Crippen LogP contribution in [0.4, 0.5) is 0 Å². The van der Waals surface area contributed by atoms with Crippen molar-refractivity contribution >= 4 is 17.2 Å². The molecule has 1 aliphatic rings. The number of benzene rings is 1. The van der Waals surface area contributed by atoms with Crippen LogP contribution in [-0.2, 0) is 0 Å². The molecule has 0 heterocycles. The maximum absolute atomic E-state index is 9.74. The second-order valence-electron chi connectivity index (χ2n) is 3.56. The molecule has 1 aliphatic carbocycles. The fourth-order valence-corrected chi connectivity index (χ4v) is 1.77. The second-order valence-corrected chi connectivity index (χ2v) is 4.21. The molecule has 1 aromatic carbocycles. The smallest absolute Gasteiger partial charge is 0.164 e. The molecule has 2 nitrogen and oxygen atoms in total. The van der Waals surface area contributed by atoms with Gasteiger partial charge in [-0.3, -0.25) is 0 Å². The average Bonchev–Trinajstić information content (AvgIpc) is 2.17. The first-order valence-electron chi connectivity index (χ1n) is 4.66. The number of hydrogen-bond acceptors (Lipinski definition) is 2. The van der Waals surface area contributed by atoms with Crippen LogP contribution in [-0.4, -0.2) is 15.3 Å². The Bertz CT molecular complexity index is 419. The number of alkyl halides is 1. The van der Waals surface area contributed by atoms with Gasteiger partial charge in [-0.05, 0) is 11.6 Å². The summed E-state index contributed by atoms with van der Waals surface area (Å²) < 4.78 is 0. The summed E-state index contributed by atoms with van der Waals surface area (Å²) in [6.45, 7) is 0. The van der Waals surface area contributed by atoms with Crippen molar-refractivity contribution in [3.63, 3.8) is 0 Å². The zero-order valence-electron chi connectivity index (χ0n) is 8.02. The highest BCUT2D eigenvalue weighted by atomic mass is 35.5. The monoisotopic (exact) mass is 222 g/mol. The maximum Gasteiger partial charge on any atom is 0.164 e. The van der Waals surface area contributed by atoms with E-state index in [2.05, 4.69) is 0 Å². The highest BCUT2D eigenvalue weighted by Crippen LogP contribution is 2.33. The van der Waals surface area contributed by atoms with Crippen LogP contribution in [0.25, 0.3) is 5.57 Å². The average molecular weight is 223 g/mol. The third-order valence-corrected chi connectivity index (χ3v) is 2.58. The minimum Gasteiger partial charge on any atom is -0.511 e. The van der Waals surface area contributed by atoms with Crippen molar-refractivity contribution in [2.45, 2.75) is 11.5 Å². The van der Waals surface area contributed by atoms with Gasteiger partial charge < -0.3 is 10.2 Å². The molecule has 0 radical (unpaired) electrons. The Labute approximate surface area is 93.1 Å². The number of aliphatic hydroxyl groups is 2. The normalized spacial score (nSPS) is 25.7. The highest BCUT2D eigenvalue weighted by molar-refractivity contribution is 6.24. The predicted octanol–water partition coefficient (Wildman–Crippen LogP) is 2.84. The van der Waals surface area contributed by atoms with E-state index in [0.29, 0.717) is 5.57 Å². The minimum atomic E-state index is -1.46. The third-order valence-electron chi connectivity index (χ3n) is 2.32. The first kappa shape index (κ1) is 10.3. The van der Waals surface area contributed by atoms with Gasteiger partial charge in [-0.1, -0.05) is 48.0 Å². The first-order valence-corrected chi connectivity index (χ1v) is 5.04. The molecule has 1 atom stereocenters. The highest BCUT2D eigenvalue weighted by Gasteiger charge is 2.26. The molecular formula is C12H11ClO2. The van der Waals surface area contributed by atoms with E-state index >= 15 is 0 Å². The molecule has 0 amide bonds. The summed E-state index contributed by atoms with van der Waals surface area (Å²) in [5.74, 6) is 0.112. The minimum absolute atomic E-state index is 0.0370. The Morgan fingerprint density at radius 1 is 1.20 bits per heavy atom. The van der Waals surface area contributed by atoms with Crippen LogP contribution in [0, 0.1) is 0 Å². The van der Waals surface area contributed by atoms with Gasteiger partial charge in [0, 0.05) is 5.57 Å². The summed E-state index contributed by atoms with van der Waals surface area (Å²) in [6, 6.07) is 9.49. The fraction of sp³-hybridized carbons (Fsp3) is 0.167. The summed E-state index contributed by atoms with van der Waals surface area (Å²) in [6.07, 6.45) is 3.16. The van der Waals surface area contributed by atoms with Crippen molar-refractivity contribution in [3.05, 3.63) is 53.8 Å². The number of aliphatic hydroxyl groups excluding tert-OH is 1. The molecule has 0 aliphatic heterocycles. The zero-order chi connectivity index (χ0) is 10.9.